The van der Waals surface area contributed by atoms with Crippen molar-refractivity contribution in [2.24, 2.45) is 5.92 Å². The van der Waals surface area contributed by atoms with E-state index < -0.39 is 6.04 Å². The first-order valence-electron chi connectivity index (χ1n) is 10.5. The number of hydrogen-bond donors (Lipinski definition) is 4. The van der Waals surface area contributed by atoms with Crippen molar-refractivity contribution in [1.29, 1.82) is 0 Å². The van der Waals surface area contributed by atoms with Gasteiger partial charge in [0.05, 0.1) is 12.3 Å². The number of amides is 3. The quantitative estimate of drug-likeness (QED) is 0.182. The van der Waals surface area contributed by atoms with Gasteiger partial charge in [0.2, 0.25) is 11.8 Å². The fourth-order valence-electron chi connectivity index (χ4n) is 4.99. The number of alkyl halides is 1. The van der Waals surface area contributed by atoms with Crippen LogP contribution < -0.4 is 21.3 Å². The van der Waals surface area contributed by atoms with E-state index in [4.69, 9.17) is 0 Å². The number of carbonyl (C=O) groups excluding carboxylic acids is 3. The van der Waals surface area contributed by atoms with Gasteiger partial charge in [0, 0.05) is 50.8 Å². The maximum Gasteiger partial charge on any atom is 0.255 e. The summed E-state index contributed by atoms with van der Waals surface area (Å²) < 4.78 is 0.115. The summed E-state index contributed by atoms with van der Waals surface area (Å²) in [5.41, 5.74) is 2.39. The van der Waals surface area contributed by atoms with E-state index in [2.05, 4.69) is 68.0 Å². The van der Waals surface area contributed by atoms with Crippen molar-refractivity contribution >= 4 is 46.0 Å². The third kappa shape index (κ3) is 3.71. The summed E-state index contributed by atoms with van der Waals surface area (Å²) in [6.45, 7) is 1.30. The number of benzene rings is 1. The summed E-state index contributed by atoms with van der Waals surface area (Å²) in [5, 5.41) is 17.5. The van der Waals surface area contributed by atoms with Crippen molar-refractivity contribution in [2.45, 2.75) is 41.9 Å². The largest absolute Gasteiger partial charge is 0.369 e. The van der Waals surface area contributed by atoms with Crippen LogP contribution >= 0.6 is 22.6 Å². The molecule has 4 heterocycles. The number of rotatable bonds is 3. The normalized spacial score (nSPS) is 34.0. The zero-order chi connectivity index (χ0) is 21.9. The summed E-state index contributed by atoms with van der Waals surface area (Å²) in [4.78, 5) is 38.4. The Balaban J connectivity index is 1.33. The number of carbonyl (C=O) groups is 3. The molecule has 0 saturated carbocycles. The van der Waals surface area contributed by atoms with Crippen LogP contribution in [0.1, 0.15) is 28.8 Å². The molecule has 31 heavy (non-hydrogen) atoms. The Morgan fingerprint density at radius 3 is 2.74 bits per heavy atom. The van der Waals surface area contributed by atoms with Crippen LogP contribution in [0.3, 0.4) is 0 Å². The number of hydrogen-bond acceptors (Lipinski definition) is 8. The number of imide groups is 1. The molecule has 4 aliphatic heterocycles. The van der Waals surface area contributed by atoms with Crippen molar-refractivity contribution < 1.29 is 14.4 Å². The van der Waals surface area contributed by atoms with Gasteiger partial charge in [-0.3, -0.25) is 30.3 Å². The standard InChI is InChI=1S/C20H26IN7O3/c1-26-9-13-16(24-20(21)25-17(13)27(26)2)22-11-4-3-10-8-28(19(31)12(10)7-11)14-5-6-15(29)23-18(14)30/h3-4,7,13-14,16-17,20,22,24-25H,5-6,8-9H2,1-2H3,(H,23,29,30). The van der Waals surface area contributed by atoms with Gasteiger partial charge in [-0.1, -0.05) is 6.07 Å². The summed E-state index contributed by atoms with van der Waals surface area (Å²) in [6.07, 6.45) is 0.898. The van der Waals surface area contributed by atoms with Crippen LogP contribution in [-0.4, -0.2) is 75.8 Å². The Morgan fingerprint density at radius 2 is 1.97 bits per heavy atom. The zero-order valence-electron chi connectivity index (χ0n) is 17.4. The zero-order valence-corrected chi connectivity index (χ0v) is 19.5. The third-order valence-electron chi connectivity index (χ3n) is 6.74. The van der Waals surface area contributed by atoms with Gasteiger partial charge >= 0.3 is 0 Å². The predicted molar refractivity (Wildman–Crippen MR) is 122 cm³/mol. The van der Waals surface area contributed by atoms with E-state index in [1.54, 1.807) is 4.90 Å². The highest BCUT2D eigenvalue weighted by Gasteiger charge is 2.45. The summed E-state index contributed by atoms with van der Waals surface area (Å²) >= 11 is 2.34. The third-order valence-corrected chi connectivity index (χ3v) is 7.46. The Morgan fingerprint density at radius 1 is 1.16 bits per heavy atom. The highest BCUT2D eigenvalue weighted by Crippen LogP contribution is 2.32. The monoisotopic (exact) mass is 539 g/mol. The second-order valence-electron chi connectivity index (χ2n) is 8.61. The smallest absolute Gasteiger partial charge is 0.255 e. The second-order valence-corrected chi connectivity index (χ2v) is 9.86. The fourth-order valence-corrected chi connectivity index (χ4v) is 5.75. The van der Waals surface area contributed by atoms with E-state index >= 15 is 0 Å². The molecule has 11 heteroatoms. The number of halogens is 1. The maximum atomic E-state index is 13.1. The van der Waals surface area contributed by atoms with Gasteiger partial charge in [-0.25, -0.2) is 10.0 Å². The minimum atomic E-state index is -0.592. The molecular formula is C20H26IN7O3. The molecule has 1 aromatic rings. The Labute approximate surface area is 194 Å². The first-order valence-corrected chi connectivity index (χ1v) is 11.7. The number of nitrogens with zero attached hydrogens (tertiary/aromatic N) is 3. The van der Waals surface area contributed by atoms with Crippen molar-refractivity contribution in [3.05, 3.63) is 29.3 Å². The van der Waals surface area contributed by atoms with Crippen LogP contribution in [0.2, 0.25) is 0 Å². The van der Waals surface area contributed by atoms with Crippen LogP contribution in [0.25, 0.3) is 0 Å². The van der Waals surface area contributed by atoms with Gasteiger partial charge < -0.3 is 10.2 Å². The topological polar surface area (TPSA) is 109 Å². The number of fused-ring (bicyclic) bond motifs is 2. The highest BCUT2D eigenvalue weighted by molar-refractivity contribution is 14.1. The molecule has 0 aromatic heterocycles. The first kappa shape index (κ1) is 21.1. The molecule has 3 saturated heterocycles. The molecule has 5 unspecified atom stereocenters. The molecule has 4 aliphatic rings. The van der Waals surface area contributed by atoms with Gasteiger partial charge in [0.15, 0.2) is 0 Å². The lowest BCUT2D eigenvalue weighted by Gasteiger charge is -2.40. The van der Waals surface area contributed by atoms with Gasteiger partial charge in [0.1, 0.15) is 10.2 Å². The molecule has 10 nitrogen and oxygen atoms in total. The fraction of sp³-hybridized carbons (Fsp3) is 0.550. The number of anilines is 1. The van der Waals surface area contributed by atoms with Crippen molar-refractivity contribution in [1.82, 2.24) is 30.9 Å². The lowest BCUT2D eigenvalue weighted by atomic mass is 10.0. The van der Waals surface area contributed by atoms with Gasteiger partial charge in [-0.2, -0.15) is 0 Å². The van der Waals surface area contributed by atoms with E-state index in [1.807, 2.05) is 18.2 Å². The van der Waals surface area contributed by atoms with Crippen LogP contribution in [0.15, 0.2) is 18.2 Å². The molecule has 0 spiro atoms. The average molecular weight is 539 g/mol. The van der Waals surface area contributed by atoms with Crippen LogP contribution in [-0.2, 0) is 16.1 Å². The summed E-state index contributed by atoms with van der Waals surface area (Å²) in [7, 11) is 4.16. The van der Waals surface area contributed by atoms with E-state index in [0.29, 0.717) is 24.4 Å². The Kier molecular flexibility index (Phi) is 5.41. The lowest BCUT2D eigenvalue weighted by Crippen LogP contribution is -2.65. The molecule has 166 valence electrons. The van der Waals surface area contributed by atoms with E-state index in [9.17, 15) is 14.4 Å². The predicted octanol–water partition coefficient (Wildman–Crippen LogP) is -0.168. The number of nitrogens with one attached hydrogen (secondary N) is 4. The van der Waals surface area contributed by atoms with E-state index in [1.165, 1.54) is 0 Å². The molecule has 3 fully saturated rings. The molecule has 0 aliphatic carbocycles. The van der Waals surface area contributed by atoms with Crippen molar-refractivity contribution in [3.8, 4) is 0 Å². The summed E-state index contributed by atoms with van der Waals surface area (Å²) in [5.74, 6) is -0.494. The lowest BCUT2D eigenvalue weighted by molar-refractivity contribution is -0.136. The minimum Gasteiger partial charge on any atom is -0.369 e. The van der Waals surface area contributed by atoms with Crippen LogP contribution in [0, 0.1) is 5.92 Å². The van der Waals surface area contributed by atoms with Gasteiger partial charge in [0.25, 0.3) is 5.91 Å². The van der Waals surface area contributed by atoms with Crippen molar-refractivity contribution in [2.75, 3.05) is 26.0 Å². The van der Waals surface area contributed by atoms with E-state index in [0.717, 1.165) is 17.8 Å². The molecule has 4 N–H and O–H groups in total. The molecule has 3 amide bonds. The van der Waals surface area contributed by atoms with Crippen LogP contribution in [0.4, 0.5) is 5.69 Å². The highest BCUT2D eigenvalue weighted by atomic mass is 127. The number of hydrazine groups is 1. The first-order chi connectivity index (χ1) is 14.8. The number of piperidine rings is 1. The van der Waals surface area contributed by atoms with E-state index in [-0.39, 0.29) is 40.6 Å². The molecule has 5 rings (SSSR count). The summed E-state index contributed by atoms with van der Waals surface area (Å²) in [6, 6.07) is 5.23. The molecular weight excluding hydrogens is 513 g/mol. The molecule has 0 bridgehead atoms. The Bertz CT molecular complexity index is 943. The average Bonchev–Trinajstić information content (AvgIpc) is 3.19. The SMILES string of the molecule is CN1CC2C(Nc3ccc4c(c3)C(=O)N(C3CCC(=O)NC3=O)C4)NC(I)NC2N1C. The Hall–Kier alpha value is -1.80. The maximum absolute atomic E-state index is 13.1. The van der Waals surface area contributed by atoms with Crippen molar-refractivity contribution in [3.63, 3.8) is 0 Å². The molecule has 5 atom stereocenters. The molecule has 1 aromatic carbocycles. The minimum absolute atomic E-state index is 0.0429. The molecule has 0 radical (unpaired) electrons. The van der Waals surface area contributed by atoms with Gasteiger partial charge in [-0.15, -0.1) is 0 Å². The van der Waals surface area contributed by atoms with Gasteiger partial charge in [-0.05, 0) is 46.7 Å². The van der Waals surface area contributed by atoms with Crippen LogP contribution in [0.5, 0.6) is 0 Å². The second kappa shape index (κ2) is 7.96.